The van der Waals surface area contributed by atoms with Crippen molar-refractivity contribution in [2.24, 2.45) is 4.99 Å². The summed E-state index contributed by atoms with van der Waals surface area (Å²) in [5.74, 6) is -0.267. The van der Waals surface area contributed by atoms with Crippen molar-refractivity contribution in [3.63, 3.8) is 0 Å². The van der Waals surface area contributed by atoms with Gasteiger partial charge in [0, 0.05) is 43.1 Å². The third kappa shape index (κ3) is 6.10. The molecule has 3 N–H and O–H groups in total. The van der Waals surface area contributed by atoms with Gasteiger partial charge in [-0.1, -0.05) is 24.3 Å². The summed E-state index contributed by atoms with van der Waals surface area (Å²) in [6, 6.07) is 14.2. The molecule has 1 unspecified atom stereocenters. The molecule has 0 spiro atoms. The fraction of sp³-hybridized carbons (Fsp3) is 0.429. The molecular weight excluding hydrogens is 468 g/mol. The van der Waals surface area contributed by atoms with E-state index in [1.54, 1.807) is 29.2 Å². The number of rotatable bonds is 5. The van der Waals surface area contributed by atoms with Gasteiger partial charge in [0.1, 0.15) is 6.04 Å². The summed E-state index contributed by atoms with van der Waals surface area (Å²) in [4.78, 5) is 47.4. The maximum Gasteiger partial charge on any atom is 0.257 e. The molecule has 3 amide bonds. The molecule has 1 atom stereocenters. The van der Waals surface area contributed by atoms with Crippen LogP contribution in [0.4, 0.5) is 11.4 Å². The third-order valence-corrected chi connectivity index (χ3v) is 7.17. The van der Waals surface area contributed by atoms with Crippen molar-refractivity contribution >= 4 is 35.1 Å². The van der Waals surface area contributed by atoms with Crippen LogP contribution in [0, 0.1) is 0 Å². The molecule has 2 aromatic rings. The predicted octanol–water partition coefficient (Wildman–Crippen LogP) is 2.86. The van der Waals surface area contributed by atoms with Gasteiger partial charge in [-0.05, 0) is 68.4 Å². The number of hydrogen-bond acceptors (Lipinski definition) is 5. The molecule has 2 aromatic carbocycles. The first-order valence-electron chi connectivity index (χ1n) is 13.2. The van der Waals surface area contributed by atoms with E-state index in [2.05, 4.69) is 22.0 Å². The Labute approximate surface area is 217 Å². The Morgan fingerprint density at radius 1 is 1.00 bits per heavy atom. The Morgan fingerprint density at radius 3 is 2.59 bits per heavy atom. The molecule has 9 heteroatoms. The Morgan fingerprint density at radius 2 is 1.78 bits per heavy atom. The van der Waals surface area contributed by atoms with Crippen LogP contribution in [0.25, 0.3) is 0 Å². The summed E-state index contributed by atoms with van der Waals surface area (Å²) in [5.41, 5.74) is 3.56. The van der Waals surface area contributed by atoms with Crippen LogP contribution >= 0.6 is 0 Å². The molecule has 0 bridgehead atoms. The second-order valence-corrected chi connectivity index (χ2v) is 9.83. The molecule has 37 heavy (non-hydrogen) atoms. The summed E-state index contributed by atoms with van der Waals surface area (Å²) in [5, 5.41) is 9.46. The van der Waals surface area contributed by atoms with Crippen LogP contribution in [-0.2, 0) is 16.0 Å². The Bertz CT molecular complexity index is 1180. The first-order valence-corrected chi connectivity index (χ1v) is 13.2. The highest BCUT2D eigenvalue weighted by Gasteiger charge is 2.30. The van der Waals surface area contributed by atoms with Gasteiger partial charge < -0.3 is 20.4 Å². The summed E-state index contributed by atoms with van der Waals surface area (Å²) < 4.78 is 0. The van der Waals surface area contributed by atoms with Gasteiger partial charge in [0.2, 0.25) is 17.8 Å². The van der Waals surface area contributed by atoms with Crippen LogP contribution in [0.3, 0.4) is 0 Å². The van der Waals surface area contributed by atoms with Gasteiger partial charge >= 0.3 is 0 Å². The zero-order valence-corrected chi connectivity index (χ0v) is 21.0. The molecular formula is C28H34N6O3. The van der Waals surface area contributed by atoms with Gasteiger partial charge in [0.05, 0.1) is 6.54 Å². The van der Waals surface area contributed by atoms with Gasteiger partial charge in [0.25, 0.3) is 5.91 Å². The number of carbonyl (C=O) groups is 3. The van der Waals surface area contributed by atoms with Gasteiger partial charge in [-0.3, -0.25) is 19.7 Å². The minimum Gasteiger partial charge on any atom is -0.384 e. The zero-order valence-electron chi connectivity index (χ0n) is 21.0. The second kappa shape index (κ2) is 11.5. The van der Waals surface area contributed by atoms with Crippen LogP contribution in [0.2, 0.25) is 0 Å². The molecule has 0 saturated carbocycles. The number of likely N-dealkylation sites (tertiary alicyclic amines) is 2. The molecule has 0 radical (unpaired) electrons. The number of aliphatic imine (C=N–C) groups is 1. The van der Waals surface area contributed by atoms with Crippen LogP contribution in [-0.4, -0.2) is 72.2 Å². The van der Waals surface area contributed by atoms with Gasteiger partial charge in [0.15, 0.2) is 0 Å². The molecule has 3 heterocycles. The van der Waals surface area contributed by atoms with E-state index in [0.717, 1.165) is 63.1 Å². The highest BCUT2D eigenvalue weighted by Crippen LogP contribution is 2.26. The quantitative estimate of drug-likeness (QED) is 0.431. The highest BCUT2D eigenvalue weighted by molar-refractivity contribution is 6.10. The lowest BCUT2D eigenvalue weighted by Gasteiger charge is -2.25. The summed E-state index contributed by atoms with van der Waals surface area (Å²) in [6.07, 6.45) is 5.20. The molecule has 0 aliphatic carbocycles. The molecule has 9 nitrogen and oxygen atoms in total. The van der Waals surface area contributed by atoms with Crippen LogP contribution in [0.15, 0.2) is 53.5 Å². The lowest BCUT2D eigenvalue weighted by molar-refractivity contribution is -0.140. The monoisotopic (exact) mass is 502 g/mol. The van der Waals surface area contributed by atoms with Crippen molar-refractivity contribution in [1.82, 2.24) is 15.1 Å². The van der Waals surface area contributed by atoms with Crippen LogP contribution < -0.4 is 16.0 Å². The zero-order chi connectivity index (χ0) is 25.6. The first kappa shape index (κ1) is 24.8. The number of hydrogen-bond donors (Lipinski definition) is 3. The largest absolute Gasteiger partial charge is 0.384 e. The van der Waals surface area contributed by atoms with Gasteiger partial charge in [-0.15, -0.1) is 0 Å². The van der Waals surface area contributed by atoms with E-state index >= 15 is 0 Å². The highest BCUT2D eigenvalue weighted by atomic mass is 16.2. The Hall–Kier alpha value is -3.88. The standard InChI is InChI=1S/C28H34N6O3/c35-25(33-15-6-7-16-33)19-34-17-5-4-10-23(27(34)37)31-28(32-26(36)21-8-2-1-3-9-21)30-22-12-11-20-13-14-29-24(20)18-22/h1-3,8-9,11-12,18,23,29H,4-7,10,13-17,19H2,(H2,30,31,32,36). The SMILES string of the molecule is O=C(NC(=NC1CCCCN(CC(=O)N2CCCC2)C1=O)Nc1ccc2c(c1)NCC2)c1ccccc1. The van der Waals surface area contributed by atoms with Crippen molar-refractivity contribution in [2.45, 2.75) is 44.6 Å². The average molecular weight is 503 g/mol. The molecule has 5 rings (SSSR count). The summed E-state index contributed by atoms with van der Waals surface area (Å²) in [6.45, 7) is 3.04. The predicted molar refractivity (Wildman–Crippen MR) is 144 cm³/mol. The maximum atomic E-state index is 13.5. The number of benzene rings is 2. The third-order valence-electron chi connectivity index (χ3n) is 7.17. The molecule has 3 aliphatic rings. The van der Waals surface area contributed by atoms with Crippen molar-refractivity contribution in [2.75, 3.05) is 43.4 Å². The average Bonchev–Trinajstić information content (AvgIpc) is 3.59. The number of fused-ring (bicyclic) bond motifs is 1. The minimum absolute atomic E-state index is 0.00292. The van der Waals surface area contributed by atoms with Gasteiger partial charge in [-0.25, -0.2) is 4.99 Å². The van der Waals surface area contributed by atoms with E-state index < -0.39 is 6.04 Å². The lowest BCUT2D eigenvalue weighted by atomic mass is 10.1. The molecule has 2 fully saturated rings. The van der Waals surface area contributed by atoms with Crippen LogP contribution in [0.1, 0.15) is 48.0 Å². The number of anilines is 2. The van der Waals surface area contributed by atoms with Crippen molar-refractivity contribution < 1.29 is 14.4 Å². The topological polar surface area (TPSA) is 106 Å². The Balaban J connectivity index is 1.37. The number of amides is 3. The number of nitrogens with one attached hydrogen (secondary N) is 3. The first-order chi connectivity index (χ1) is 18.1. The molecule has 2 saturated heterocycles. The van der Waals surface area contributed by atoms with E-state index in [1.807, 2.05) is 23.1 Å². The van der Waals surface area contributed by atoms with Crippen molar-refractivity contribution in [3.05, 3.63) is 59.7 Å². The van der Waals surface area contributed by atoms with Crippen molar-refractivity contribution in [3.8, 4) is 0 Å². The fourth-order valence-electron chi connectivity index (χ4n) is 5.12. The van der Waals surface area contributed by atoms with E-state index in [1.165, 1.54) is 5.56 Å². The second-order valence-electron chi connectivity index (χ2n) is 9.83. The lowest BCUT2D eigenvalue weighted by Crippen LogP contribution is -2.45. The maximum absolute atomic E-state index is 13.5. The summed E-state index contributed by atoms with van der Waals surface area (Å²) >= 11 is 0. The summed E-state index contributed by atoms with van der Waals surface area (Å²) in [7, 11) is 0. The minimum atomic E-state index is -0.681. The molecule has 3 aliphatic heterocycles. The molecule has 194 valence electrons. The smallest absolute Gasteiger partial charge is 0.257 e. The van der Waals surface area contributed by atoms with E-state index in [0.29, 0.717) is 18.5 Å². The number of guanidine groups is 1. The fourth-order valence-corrected chi connectivity index (χ4v) is 5.12. The van der Waals surface area contributed by atoms with E-state index in [9.17, 15) is 14.4 Å². The Kier molecular flexibility index (Phi) is 7.67. The normalized spacial score (nSPS) is 19.7. The van der Waals surface area contributed by atoms with E-state index in [-0.39, 0.29) is 30.2 Å². The van der Waals surface area contributed by atoms with Crippen molar-refractivity contribution in [1.29, 1.82) is 0 Å². The molecule has 0 aromatic heterocycles. The van der Waals surface area contributed by atoms with Crippen LogP contribution in [0.5, 0.6) is 0 Å². The number of carbonyl (C=O) groups excluding carboxylic acids is 3. The number of nitrogens with zero attached hydrogens (tertiary/aromatic N) is 3. The van der Waals surface area contributed by atoms with Gasteiger partial charge in [-0.2, -0.15) is 0 Å². The van der Waals surface area contributed by atoms with E-state index in [4.69, 9.17) is 4.99 Å².